The Kier molecular flexibility index (Phi) is 6.55. The van der Waals surface area contributed by atoms with Crippen molar-refractivity contribution in [3.05, 3.63) is 71.6 Å². The maximum absolute atomic E-state index is 13.0. The summed E-state index contributed by atoms with van der Waals surface area (Å²) < 4.78 is 7.49. The molecule has 0 atom stereocenters. The van der Waals surface area contributed by atoms with E-state index < -0.39 is 0 Å². The third-order valence-corrected chi connectivity index (χ3v) is 6.18. The Hall–Kier alpha value is -3.65. The van der Waals surface area contributed by atoms with E-state index in [1.54, 1.807) is 17.2 Å². The number of piperazine rings is 1. The Labute approximate surface area is 209 Å². The predicted molar refractivity (Wildman–Crippen MR) is 137 cm³/mol. The zero-order valence-electron chi connectivity index (χ0n) is 19.8. The van der Waals surface area contributed by atoms with Crippen molar-refractivity contribution in [2.75, 3.05) is 37.7 Å². The van der Waals surface area contributed by atoms with Gasteiger partial charge in [-0.15, -0.1) is 0 Å². The molecule has 0 bridgehead atoms. The predicted octanol–water partition coefficient (Wildman–Crippen LogP) is 4.47. The molecule has 1 saturated heterocycles. The SMILES string of the molecule is CC(C)COc1ccc(C(=O)N2CCN(c3ncnc4c3cnn4-c3cccc(Cl)c3)CC2)cc1. The fourth-order valence-electron chi connectivity index (χ4n) is 4.14. The van der Waals surface area contributed by atoms with Crippen LogP contribution in [0, 0.1) is 5.92 Å². The van der Waals surface area contributed by atoms with Gasteiger partial charge in [-0.2, -0.15) is 5.10 Å². The van der Waals surface area contributed by atoms with Crippen LogP contribution in [-0.2, 0) is 0 Å². The second-order valence-electron chi connectivity index (χ2n) is 8.98. The smallest absolute Gasteiger partial charge is 0.253 e. The van der Waals surface area contributed by atoms with E-state index in [0.717, 1.165) is 28.3 Å². The highest BCUT2D eigenvalue weighted by atomic mass is 35.5. The van der Waals surface area contributed by atoms with E-state index in [-0.39, 0.29) is 5.91 Å². The van der Waals surface area contributed by atoms with Crippen LogP contribution in [0.1, 0.15) is 24.2 Å². The topological polar surface area (TPSA) is 76.4 Å². The Balaban J connectivity index is 1.27. The summed E-state index contributed by atoms with van der Waals surface area (Å²) >= 11 is 6.16. The number of nitrogens with zero attached hydrogens (tertiary/aromatic N) is 6. The molecule has 5 rings (SSSR count). The van der Waals surface area contributed by atoms with Gasteiger partial charge in [0.2, 0.25) is 0 Å². The summed E-state index contributed by atoms with van der Waals surface area (Å²) in [7, 11) is 0. The molecule has 2 aromatic heterocycles. The van der Waals surface area contributed by atoms with E-state index in [0.29, 0.717) is 49.3 Å². The molecule has 0 aliphatic carbocycles. The summed E-state index contributed by atoms with van der Waals surface area (Å²) in [5, 5.41) is 6.03. The van der Waals surface area contributed by atoms with Crippen molar-refractivity contribution in [2.24, 2.45) is 5.92 Å². The fraction of sp³-hybridized carbons (Fsp3) is 0.308. The van der Waals surface area contributed by atoms with Gasteiger partial charge in [-0.25, -0.2) is 14.6 Å². The van der Waals surface area contributed by atoms with Crippen molar-refractivity contribution in [2.45, 2.75) is 13.8 Å². The minimum Gasteiger partial charge on any atom is -0.493 e. The van der Waals surface area contributed by atoms with Crippen LogP contribution in [0.2, 0.25) is 5.02 Å². The van der Waals surface area contributed by atoms with Gasteiger partial charge in [0.1, 0.15) is 17.9 Å². The molecule has 0 N–H and O–H groups in total. The van der Waals surface area contributed by atoms with Crippen molar-refractivity contribution < 1.29 is 9.53 Å². The number of anilines is 1. The molecule has 4 aromatic rings. The van der Waals surface area contributed by atoms with Gasteiger partial charge < -0.3 is 14.5 Å². The van der Waals surface area contributed by atoms with Crippen molar-refractivity contribution in [1.29, 1.82) is 0 Å². The number of benzene rings is 2. The van der Waals surface area contributed by atoms with Gasteiger partial charge in [-0.3, -0.25) is 4.79 Å². The van der Waals surface area contributed by atoms with E-state index in [1.165, 1.54) is 0 Å². The summed E-state index contributed by atoms with van der Waals surface area (Å²) in [5.74, 6) is 2.09. The Morgan fingerprint density at radius 2 is 1.83 bits per heavy atom. The number of hydrogen-bond donors (Lipinski definition) is 0. The molecule has 0 spiro atoms. The zero-order valence-corrected chi connectivity index (χ0v) is 20.5. The summed E-state index contributed by atoms with van der Waals surface area (Å²) in [6.45, 7) is 7.44. The van der Waals surface area contributed by atoms with Gasteiger partial charge in [0.15, 0.2) is 5.65 Å². The van der Waals surface area contributed by atoms with Gasteiger partial charge in [0.25, 0.3) is 5.91 Å². The van der Waals surface area contributed by atoms with Crippen LogP contribution >= 0.6 is 11.6 Å². The molecule has 2 aromatic carbocycles. The van der Waals surface area contributed by atoms with Crippen molar-refractivity contribution in [3.63, 3.8) is 0 Å². The lowest BCUT2D eigenvalue weighted by Gasteiger charge is -2.35. The summed E-state index contributed by atoms with van der Waals surface area (Å²) in [5.41, 5.74) is 2.23. The largest absolute Gasteiger partial charge is 0.493 e. The molecule has 3 heterocycles. The lowest BCUT2D eigenvalue weighted by molar-refractivity contribution is 0.0746. The first-order valence-electron chi connectivity index (χ1n) is 11.7. The van der Waals surface area contributed by atoms with E-state index >= 15 is 0 Å². The number of hydrogen-bond acceptors (Lipinski definition) is 6. The van der Waals surface area contributed by atoms with Crippen LogP contribution in [0.15, 0.2) is 61.1 Å². The maximum atomic E-state index is 13.0. The van der Waals surface area contributed by atoms with Gasteiger partial charge in [-0.05, 0) is 48.4 Å². The van der Waals surface area contributed by atoms with Gasteiger partial charge in [0, 0.05) is 36.8 Å². The van der Waals surface area contributed by atoms with Crippen molar-refractivity contribution in [1.82, 2.24) is 24.6 Å². The molecule has 1 fully saturated rings. The number of rotatable bonds is 6. The minimum absolute atomic E-state index is 0.0293. The average Bonchev–Trinajstić information content (AvgIpc) is 3.32. The van der Waals surface area contributed by atoms with Crippen LogP contribution < -0.4 is 9.64 Å². The van der Waals surface area contributed by atoms with Crippen LogP contribution in [0.25, 0.3) is 16.7 Å². The summed E-state index contributed by atoms with van der Waals surface area (Å²) in [6.07, 6.45) is 3.34. The van der Waals surface area contributed by atoms with E-state index in [2.05, 4.69) is 33.8 Å². The van der Waals surface area contributed by atoms with Gasteiger partial charge in [0.05, 0.1) is 23.9 Å². The molecule has 1 amide bonds. The number of fused-ring (bicyclic) bond motifs is 1. The van der Waals surface area contributed by atoms with Crippen LogP contribution in [0.4, 0.5) is 5.82 Å². The molecule has 0 unspecified atom stereocenters. The molecule has 1 aliphatic heterocycles. The highest BCUT2D eigenvalue weighted by Gasteiger charge is 2.25. The molecule has 9 heteroatoms. The number of halogens is 1. The monoisotopic (exact) mass is 490 g/mol. The van der Waals surface area contributed by atoms with Crippen LogP contribution in [-0.4, -0.2) is 63.3 Å². The highest BCUT2D eigenvalue weighted by Crippen LogP contribution is 2.26. The summed E-state index contributed by atoms with van der Waals surface area (Å²) in [6, 6.07) is 14.9. The third-order valence-electron chi connectivity index (χ3n) is 5.95. The Morgan fingerprint density at radius 1 is 1.06 bits per heavy atom. The first-order valence-corrected chi connectivity index (χ1v) is 12.1. The quantitative estimate of drug-likeness (QED) is 0.397. The zero-order chi connectivity index (χ0) is 24.4. The molecule has 180 valence electrons. The molecule has 0 saturated carbocycles. The second-order valence-corrected chi connectivity index (χ2v) is 9.42. The Morgan fingerprint density at radius 3 is 2.54 bits per heavy atom. The number of carbonyl (C=O) groups is 1. The lowest BCUT2D eigenvalue weighted by atomic mass is 10.1. The maximum Gasteiger partial charge on any atom is 0.253 e. The fourth-order valence-corrected chi connectivity index (χ4v) is 4.33. The summed E-state index contributed by atoms with van der Waals surface area (Å²) in [4.78, 5) is 26.1. The van der Waals surface area contributed by atoms with Crippen LogP contribution in [0.3, 0.4) is 0 Å². The molecule has 35 heavy (non-hydrogen) atoms. The van der Waals surface area contributed by atoms with Gasteiger partial charge >= 0.3 is 0 Å². The second kappa shape index (κ2) is 9.92. The van der Waals surface area contributed by atoms with Gasteiger partial charge in [-0.1, -0.05) is 31.5 Å². The number of aromatic nitrogens is 4. The first kappa shape index (κ1) is 23.1. The number of ether oxygens (including phenoxy) is 1. The van der Waals surface area contributed by atoms with E-state index in [1.807, 2.05) is 53.4 Å². The first-order chi connectivity index (χ1) is 17.0. The standard InChI is InChI=1S/C26H27ClN6O2/c1-18(2)16-35-22-8-6-19(7-9-22)26(34)32-12-10-31(11-13-32)24-23-15-30-33(25(23)29-17-28-24)21-5-3-4-20(27)14-21/h3-9,14-15,17-18H,10-13,16H2,1-2H3. The molecule has 1 aliphatic rings. The minimum atomic E-state index is 0.0293. The third kappa shape index (κ3) is 4.93. The molecule has 8 nitrogen and oxygen atoms in total. The normalized spacial score (nSPS) is 14.1. The highest BCUT2D eigenvalue weighted by molar-refractivity contribution is 6.30. The lowest BCUT2D eigenvalue weighted by Crippen LogP contribution is -2.49. The van der Waals surface area contributed by atoms with E-state index in [4.69, 9.17) is 16.3 Å². The number of carbonyl (C=O) groups excluding carboxylic acids is 1. The average molecular weight is 491 g/mol. The van der Waals surface area contributed by atoms with E-state index in [9.17, 15) is 4.79 Å². The molecule has 0 radical (unpaired) electrons. The van der Waals surface area contributed by atoms with Crippen molar-refractivity contribution >= 4 is 34.4 Å². The van der Waals surface area contributed by atoms with Crippen molar-refractivity contribution in [3.8, 4) is 11.4 Å². The van der Waals surface area contributed by atoms with Crippen LogP contribution in [0.5, 0.6) is 5.75 Å². The number of amides is 1. The molecular weight excluding hydrogens is 464 g/mol. The Bertz CT molecular complexity index is 1330. The molecular formula is C26H27ClN6O2.